The number of benzene rings is 2. The van der Waals surface area contributed by atoms with Gasteiger partial charge in [0.05, 0.1) is 19.1 Å². The minimum absolute atomic E-state index is 0.00342. The SMILES string of the molecule is CCOc1ccc(N(CCC#N)C(=O)c2ccc(SC(F)(F)F)cc2)cc1. The zero-order valence-corrected chi connectivity index (χ0v) is 15.3. The molecular weight excluding hydrogens is 377 g/mol. The molecule has 0 aliphatic rings. The third-order valence-electron chi connectivity index (χ3n) is 3.49. The number of rotatable bonds is 7. The number of nitrogens with zero attached hydrogens (tertiary/aromatic N) is 2. The van der Waals surface area contributed by atoms with Gasteiger partial charge in [0.1, 0.15) is 5.75 Å². The van der Waals surface area contributed by atoms with Crippen LogP contribution in [0.4, 0.5) is 18.9 Å². The van der Waals surface area contributed by atoms with Crippen molar-refractivity contribution in [1.82, 2.24) is 0 Å². The fourth-order valence-corrected chi connectivity index (χ4v) is 2.89. The Labute approximate surface area is 159 Å². The Morgan fingerprint density at radius 2 is 1.78 bits per heavy atom. The van der Waals surface area contributed by atoms with E-state index in [1.54, 1.807) is 24.3 Å². The van der Waals surface area contributed by atoms with Crippen molar-refractivity contribution in [1.29, 1.82) is 5.26 Å². The second-order valence-corrected chi connectivity index (χ2v) is 6.50. The Balaban J connectivity index is 2.22. The molecule has 0 aliphatic carbocycles. The Bertz CT molecular complexity index is 800. The largest absolute Gasteiger partial charge is 0.494 e. The predicted molar refractivity (Wildman–Crippen MR) is 97.9 cm³/mol. The molecule has 0 bridgehead atoms. The number of nitriles is 1. The lowest BCUT2D eigenvalue weighted by molar-refractivity contribution is -0.0328. The fraction of sp³-hybridized carbons (Fsp3) is 0.263. The van der Waals surface area contributed by atoms with E-state index in [-0.39, 0.29) is 35.2 Å². The Morgan fingerprint density at radius 1 is 1.15 bits per heavy atom. The van der Waals surface area contributed by atoms with Gasteiger partial charge in [-0.1, -0.05) is 0 Å². The smallest absolute Gasteiger partial charge is 0.446 e. The van der Waals surface area contributed by atoms with E-state index in [1.165, 1.54) is 29.2 Å². The Kier molecular flexibility index (Phi) is 7.13. The summed E-state index contributed by atoms with van der Waals surface area (Å²) in [6, 6.07) is 14.0. The van der Waals surface area contributed by atoms with Gasteiger partial charge in [0.2, 0.25) is 0 Å². The molecule has 0 fully saturated rings. The molecule has 0 N–H and O–H groups in total. The second-order valence-electron chi connectivity index (χ2n) is 5.36. The van der Waals surface area contributed by atoms with Crippen molar-refractivity contribution >= 4 is 23.4 Å². The number of alkyl halides is 3. The van der Waals surface area contributed by atoms with Crippen LogP contribution in [0.2, 0.25) is 0 Å². The minimum atomic E-state index is -4.38. The summed E-state index contributed by atoms with van der Waals surface area (Å²) in [6.45, 7) is 2.54. The van der Waals surface area contributed by atoms with Crippen molar-refractivity contribution in [2.75, 3.05) is 18.1 Å². The van der Waals surface area contributed by atoms with Gasteiger partial charge in [-0.05, 0) is 67.2 Å². The number of anilines is 1. The summed E-state index contributed by atoms with van der Waals surface area (Å²) >= 11 is -0.236. The van der Waals surface area contributed by atoms with E-state index in [0.29, 0.717) is 18.0 Å². The standard InChI is InChI=1S/C19H17F3N2O2S/c1-2-26-16-8-6-15(7-9-16)24(13-3-12-23)18(25)14-4-10-17(11-5-14)27-19(20,21)22/h4-11H,2-3,13H2,1H3. The first-order valence-electron chi connectivity index (χ1n) is 8.11. The molecule has 0 saturated heterocycles. The number of ether oxygens (including phenoxy) is 1. The van der Waals surface area contributed by atoms with Gasteiger partial charge < -0.3 is 9.64 Å². The van der Waals surface area contributed by atoms with E-state index in [4.69, 9.17) is 10.00 Å². The summed E-state index contributed by atoms with van der Waals surface area (Å²) in [4.78, 5) is 14.2. The van der Waals surface area contributed by atoms with E-state index in [1.807, 2.05) is 13.0 Å². The van der Waals surface area contributed by atoms with E-state index in [2.05, 4.69) is 0 Å². The molecule has 0 heterocycles. The summed E-state index contributed by atoms with van der Waals surface area (Å²) in [7, 11) is 0. The highest BCUT2D eigenvalue weighted by atomic mass is 32.2. The Morgan fingerprint density at radius 3 is 2.30 bits per heavy atom. The summed E-state index contributed by atoms with van der Waals surface area (Å²) in [5, 5.41) is 8.86. The molecular formula is C19H17F3N2O2S. The van der Waals surface area contributed by atoms with Crippen LogP contribution in [0.25, 0.3) is 0 Å². The number of carbonyl (C=O) groups excluding carboxylic acids is 1. The summed E-state index contributed by atoms with van der Waals surface area (Å²) in [5.74, 6) is 0.264. The molecule has 0 unspecified atom stereocenters. The monoisotopic (exact) mass is 394 g/mol. The molecule has 4 nitrogen and oxygen atoms in total. The van der Waals surface area contributed by atoms with Crippen molar-refractivity contribution in [3.63, 3.8) is 0 Å². The number of amides is 1. The van der Waals surface area contributed by atoms with Crippen LogP contribution in [-0.2, 0) is 0 Å². The first kappa shape index (κ1) is 20.6. The molecule has 2 aromatic rings. The zero-order valence-electron chi connectivity index (χ0n) is 14.5. The van der Waals surface area contributed by atoms with E-state index < -0.39 is 11.4 Å². The molecule has 27 heavy (non-hydrogen) atoms. The average molecular weight is 394 g/mol. The molecule has 0 aromatic heterocycles. The first-order valence-corrected chi connectivity index (χ1v) is 8.93. The molecule has 8 heteroatoms. The van der Waals surface area contributed by atoms with Gasteiger partial charge in [0.25, 0.3) is 5.91 Å². The van der Waals surface area contributed by atoms with Crippen molar-refractivity contribution in [3.05, 3.63) is 54.1 Å². The number of carbonyl (C=O) groups is 1. The maximum Gasteiger partial charge on any atom is 0.446 e. The molecule has 0 atom stereocenters. The van der Waals surface area contributed by atoms with Crippen molar-refractivity contribution in [3.8, 4) is 11.8 Å². The number of thioether (sulfide) groups is 1. The van der Waals surface area contributed by atoms with Crippen LogP contribution < -0.4 is 9.64 Å². The molecule has 2 aromatic carbocycles. The van der Waals surface area contributed by atoms with Crippen LogP contribution in [0, 0.1) is 11.3 Å². The van der Waals surface area contributed by atoms with Gasteiger partial charge in [-0.15, -0.1) is 0 Å². The molecule has 2 rings (SSSR count). The maximum absolute atomic E-state index is 12.8. The van der Waals surface area contributed by atoms with Gasteiger partial charge >= 0.3 is 5.51 Å². The Hall–Kier alpha value is -2.66. The number of halogens is 3. The highest BCUT2D eigenvalue weighted by Gasteiger charge is 2.29. The van der Waals surface area contributed by atoms with Gasteiger partial charge in [0.15, 0.2) is 0 Å². The van der Waals surface area contributed by atoms with Crippen LogP contribution in [0.5, 0.6) is 5.75 Å². The molecule has 0 saturated carbocycles. The van der Waals surface area contributed by atoms with E-state index >= 15 is 0 Å². The average Bonchev–Trinajstić information content (AvgIpc) is 2.62. The first-order chi connectivity index (χ1) is 12.8. The molecule has 0 aliphatic heterocycles. The lowest BCUT2D eigenvalue weighted by Crippen LogP contribution is -2.31. The fourth-order valence-electron chi connectivity index (χ4n) is 2.35. The highest BCUT2D eigenvalue weighted by molar-refractivity contribution is 8.00. The van der Waals surface area contributed by atoms with Crippen LogP contribution in [0.1, 0.15) is 23.7 Å². The zero-order chi connectivity index (χ0) is 19.9. The van der Waals surface area contributed by atoms with Crippen molar-refractivity contribution in [2.45, 2.75) is 23.7 Å². The predicted octanol–water partition coefficient (Wildman–Crippen LogP) is 5.26. The van der Waals surface area contributed by atoms with E-state index in [0.717, 1.165) is 0 Å². The molecule has 1 amide bonds. The van der Waals surface area contributed by atoms with E-state index in [9.17, 15) is 18.0 Å². The van der Waals surface area contributed by atoms with Crippen LogP contribution in [0.15, 0.2) is 53.4 Å². The van der Waals surface area contributed by atoms with Crippen LogP contribution >= 0.6 is 11.8 Å². The van der Waals surface area contributed by atoms with Gasteiger partial charge in [-0.2, -0.15) is 18.4 Å². The van der Waals surface area contributed by atoms with Crippen molar-refractivity contribution in [2.24, 2.45) is 0 Å². The molecule has 142 valence electrons. The lowest BCUT2D eigenvalue weighted by atomic mass is 10.1. The van der Waals surface area contributed by atoms with Crippen LogP contribution in [-0.4, -0.2) is 24.6 Å². The van der Waals surface area contributed by atoms with Crippen molar-refractivity contribution < 1.29 is 22.7 Å². The molecule has 0 spiro atoms. The third kappa shape index (κ3) is 6.22. The number of hydrogen-bond donors (Lipinski definition) is 0. The quantitative estimate of drug-likeness (QED) is 0.601. The summed E-state index contributed by atoms with van der Waals surface area (Å²) in [6.07, 6.45) is 0.126. The van der Waals surface area contributed by atoms with Crippen LogP contribution in [0.3, 0.4) is 0 Å². The summed E-state index contributed by atoms with van der Waals surface area (Å²) < 4.78 is 42.6. The highest BCUT2D eigenvalue weighted by Crippen LogP contribution is 2.36. The lowest BCUT2D eigenvalue weighted by Gasteiger charge is -2.22. The second kappa shape index (κ2) is 9.33. The van der Waals surface area contributed by atoms with Gasteiger partial charge in [-0.3, -0.25) is 4.79 Å². The third-order valence-corrected chi connectivity index (χ3v) is 4.23. The maximum atomic E-state index is 12.8. The normalized spacial score (nSPS) is 10.9. The van der Waals surface area contributed by atoms with Gasteiger partial charge in [0, 0.05) is 22.7 Å². The van der Waals surface area contributed by atoms with Gasteiger partial charge in [-0.25, -0.2) is 0 Å². The summed E-state index contributed by atoms with van der Waals surface area (Å²) in [5.41, 5.74) is -3.56. The number of hydrogen-bond acceptors (Lipinski definition) is 4. The topological polar surface area (TPSA) is 53.3 Å². The minimum Gasteiger partial charge on any atom is -0.494 e. The molecule has 0 radical (unpaired) electrons.